The predicted octanol–water partition coefficient (Wildman–Crippen LogP) is 7.72. The summed E-state index contributed by atoms with van der Waals surface area (Å²) >= 11 is 28.3. The van der Waals surface area contributed by atoms with Gasteiger partial charge in [-0.1, -0.05) is 50.7 Å². The zero-order valence-corrected chi connectivity index (χ0v) is 21.1. The SMILES string of the molecule is O=C(Nc1ccc(F)cc1)c1cc(NC(=O)C2C(c3cc(Cl)cc(Cl)c3)C2(Cl)Br)ccc1Cl. The van der Waals surface area contributed by atoms with Crippen molar-refractivity contribution in [2.45, 2.75) is 9.70 Å². The Labute approximate surface area is 217 Å². The molecule has 33 heavy (non-hydrogen) atoms. The molecule has 1 aliphatic rings. The molecule has 0 saturated heterocycles. The zero-order valence-electron chi connectivity index (χ0n) is 16.5. The molecule has 3 unspecified atom stereocenters. The van der Waals surface area contributed by atoms with E-state index in [9.17, 15) is 14.0 Å². The summed E-state index contributed by atoms with van der Waals surface area (Å²) in [5.74, 6) is -2.25. The summed E-state index contributed by atoms with van der Waals surface area (Å²) in [5, 5.41) is 6.49. The molecule has 0 aliphatic heterocycles. The van der Waals surface area contributed by atoms with Crippen LogP contribution in [0.1, 0.15) is 21.8 Å². The van der Waals surface area contributed by atoms with E-state index in [4.69, 9.17) is 46.4 Å². The highest BCUT2D eigenvalue weighted by atomic mass is 79.9. The second-order valence-corrected chi connectivity index (χ2v) is 11.2. The van der Waals surface area contributed by atoms with Crippen LogP contribution >= 0.6 is 62.3 Å². The highest BCUT2D eigenvalue weighted by molar-refractivity contribution is 9.10. The van der Waals surface area contributed by atoms with Gasteiger partial charge in [-0.25, -0.2) is 4.39 Å². The molecule has 0 spiro atoms. The van der Waals surface area contributed by atoms with Crippen molar-refractivity contribution in [3.05, 3.63) is 92.7 Å². The number of alkyl halides is 2. The van der Waals surface area contributed by atoms with E-state index < -0.39 is 21.4 Å². The number of amides is 2. The van der Waals surface area contributed by atoms with Crippen molar-refractivity contribution in [2.24, 2.45) is 5.92 Å². The number of rotatable bonds is 5. The van der Waals surface area contributed by atoms with E-state index in [1.54, 1.807) is 24.3 Å². The van der Waals surface area contributed by atoms with Crippen LogP contribution in [0.25, 0.3) is 0 Å². The quantitative estimate of drug-likeness (QED) is 0.299. The third-order valence-corrected chi connectivity index (χ3v) is 7.38. The van der Waals surface area contributed by atoms with Crippen molar-refractivity contribution >= 4 is 85.5 Å². The lowest BCUT2D eigenvalue weighted by Gasteiger charge is -2.10. The van der Waals surface area contributed by atoms with Gasteiger partial charge >= 0.3 is 0 Å². The Morgan fingerprint density at radius 3 is 2.12 bits per heavy atom. The number of carbonyl (C=O) groups is 2. The summed E-state index contributed by atoms with van der Waals surface area (Å²) in [6.07, 6.45) is 0. The number of halogens is 6. The van der Waals surface area contributed by atoms with E-state index in [-0.39, 0.29) is 22.4 Å². The highest BCUT2D eigenvalue weighted by Gasteiger charge is 2.67. The van der Waals surface area contributed by atoms with Gasteiger partial charge in [-0.05, 0) is 66.2 Å². The van der Waals surface area contributed by atoms with E-state index in [1.165, 1.54) is 36.4 Å². The molecule has 10 heteroatoms. The molecule has 1 saturated carbocycles. The minimum Gasteiger partial charge on any atom is -0.326 e. The first-order valence-electron chi connectivity index (χ1n) is 9.57. The van der Waals surface area contributed by atoms with E-state index >= 15 is 0 Å². The summed E-state index contributed by atoms with van der Waals surface area (Å²) in [7, 11) is 0. The van der Waals surface area contributed by atoms with E-state index in [1.807, 2.05) is 0 Å². The summed E-state index contributed by atoms with van der Waals surface area (Å²) in [6, 6.07) is 14.9. The normalized spacial score (nSPS) is 21.4. The largest absolute Gasteiger partial charge is 0.326 e. The number of hydrogen-bond donors (Lipinski definition) is 2. The van der Waals surface area contributed by atoms with E-state index in [2.05, 4.69) is 26.6 Å². The molecule has 3 aromatic rings. The van der Waals surface area contributed by atoms with E-state index in [0.717, 1.165) is 5.56 Å². The van der Waals surface area contributed by atoms with Crippen LogP contribution < -0.4 is 10.6 Å². The standard InChI is InChI=1S/C23H14BrCl4FN2O2/c24-23(28)19(11-7-12(25)9-13(26)8-11)20(23)22(33)31-16-5-6-18(27)17(10-16)21(32)30-15-3-1-14(29)2-4-15/h1-10,19-20H,(H,30,32)(H,31,33). The third kappa shape index (κ3) is 5.31. The van der Waals surface area contributed by atoms with Crippen LogP contribution in [0.15, 0.2) is 60.7 Å². The molecule has 1 fully saturated rings. The Balaban J connectivity index is 1.50. The second-order valence-electron chi connectivity index (χ2n) is 7.48. The molecule has 4 nitrogen and oxygen atoms in total. The number of benzene rings is 3. The minimum absolute atomic E-state index is 0.142. The zero-order chi connectivity index (χ0) is 23.9. The summed E-state index contributed by atoms with van der Waals surface area (Å²) in [6.45, 7) is 0. The maximum absolute atomic E-state index is 13.1. The van der Waals surface area contributed by atoms with Gasteiger partial charge < -0.3 is 10.6 Å². The minimum atomic E-state index is -1.000. The summed E-state index contributed by atoms with van der Waals surface area (Å²) < 4.78 is 12.1. The van der Waals surface area contributed by atoms with Gasteiger partial charge in [-0.2, -0.15) is 0 Å². The lowest BCUT2D eigenvalue weighted by molar-refractivity contribution is -0.117. The summed E-state index contributed by atoms with van der Waals surface area (Å²) in [4.78, 5) is 25.6. The first-order valence-corrected chi connectivity index (χ1v) is 11.9. The number of carbonyl (C=O) groups excluding carboxylic acids is 2. The van der Waals surface area contributed by atoms with Gasteiger partial charge in [-0.3, -0.25) is 9.59 Å². The van der Waals surface area contributed by atoms with Crippen molar-refractivity contribution in [3.63, 3.8) is 0 Å². The van der Waals surface area contributed by atoms with Crippen LogP contribution in [0.5, 0.6) is 0 Å². The molecule has 1 aliphatic carbocycles. The molecular weight excluding hydrogens is 577 g/mol. The van der Waals surface area contributed by atoms with Gasteiger partial charge in [0.1, 0.15) is 9.60 Å². The topological polar surface area (TPSA) is 58.2 Å². The van der Waals surface area contributed by atoms with Crippen molar-refractivity contribution in [2.75, 3.05) is 10.6 Å². The molecule has 4 rings (SSSR count). The van der Waals surface area contributed by atoms with Crippen LogP contribution in [-0.2, 0) is 4.79 Å². The average molecular weight is 591 g/mol. The van der Waals surface area contributed by atoms with Crippen molar-refractivity contribution in [3.8, 4) is 0 Å². The van der Waals surface area contributed by atoms with Crippen molar-refractivity contribution in [1.29, 1.82) is 0 Å². The van der Waals surface area contributed by atoms with Crippen LogP contribution in [-0.4, -0.2) is 15.6 Å². The Bertz CT molecular complexity index is 1230. The van der Waals surface area contributed by atoms with Crippen molar-refractivity contribution in [1.82, 2.24) is 0 Å². The van der Waals surface area contributed by atoms with Gasteiger partial charge in [0.2, 0.25) is 5.91 Å². The Hall–Kier alpha value is -1.83. The van der Waals surface area contributed by atoms with Gasteiger partial charge in [0.15, 0.2) is 0 Å². The van der Waals surface area contributed by atoms with Gasteiger partial charge in [-0.15, -0.1) is 11.6 Å². The van der Waals surface area contributed by atoms with E-state index in [0.29, 0.717) is 21.4 Å². The smallest absolute Gasteiger partial charge is 0.257 e. The van der Waals surface area contributed by atoms with Crippen molar-refractivity contribution < 1.29 is 14.0 Å². The Morgan fingerprint density at radius 1 is 0.879 bits per heavy atom. The number of nitrogens with one attached hydrogen (secondary N) is 2. The second kappa shape index (κ2) is 9.43. The molecular formula is C23H14BrCl4FN2O2. The average Bonchev–Trinajstić information content (AvgIpc) is 3.32. The van der Waals surface area contributed by atoms with Gasteiger partial charge in [0, 0.05) is 27.3 Å². The first-order chi connectivity index (χ1) is 15.6. The molecule has 3 aromatic carbocycles. The molecule has 170 valence electrons. The van der Waals surface area contributed by atoms with Crippen LogP contribution in [0, 0.1) is 11.7 Å². The molecule has 3 atom stereocenters. The fraction of sp³-hybridized carbons (Fsp3) is 0.130. The third-order valence-electron chi connectivity index (χ3n) is 5.16. The predicted molar refractivity (Wildman–Crippen MR) is 135 cm³/mol. The van der Waals surface area contributed by atoms with Crippen LogP contribution in [0.2, 0.25) is 15.1 Å². The molecule has 2 amide bonds. The maximum atomic E-state index is 13.1. The maximum Gasteiger partial charge on any atom is 0.257 e. The lowest BCUT2D eigenvalue weighted by atomic mass is 10.1. The van der Waals surface area contributed by atoms with Gasteiger partial charge in [0.25, 0.3) is 5.91 Å². The van der Waals surface area contributed by atoms with Crippen LogP contribution in [0.4, 0.5) is 15.8 Å². The molecule has 0 aromatic heterocycles. The number of anilines is 2. The summed E-state index contributed by atoms with van der Waals surface area (Å²) in [5.41, 5.74) is 1.64. The molecule has 0 bridgehead atoms. The molecule has 2 N–H and O–H groups in total. The lowest BCUT2D eigenvalue weighted by Crippen LogP contribution is -2.18. The van der Waals surface area contributed by atoms with Gasteiger partial charge in [0.05, 0.1) is 16.5 Å². The first kappa shape index (κ1) is 24.3. The molecule has 0 radical (unpaired) electrons. The molecule has 0 heterocycles. The number of hydrogen-bond acceptors (Lipinski definition) is 2. The van der Waals surface area contributed by atoms with Crippen LogP contribution in [0.3, 0.4) is 0 Å². The fourth-order valence-corrected chi connectivity index (χ4v) is 5.58. The fourth-order valence-electron chi connectivity index (χ4n) is 3.55. The monoisotopic (exact) mass is 588 g/mol. The Morgan fingerprint density at radius 2 is 1.48 bits per heavy atom. The highest BCUT2D eigenvalue weighted by Crippen LogP contribution is 2.66. The Kier molecular flexibility index (Phi) is 6.95.